The maximum Gasteiger partial charge on any atom is 0.433 e. The molecule has 0 bridgehead atoms. The van der Waals surface area contributed by atoms with E-state index in [4.69, 9.17) is 0 Å². The number of hydrogen-bond donors (Lipinski definition) is 0. The predicted octanol–water partition coefficient (Wildman–Crippen LogP) is 5.62. The Bertz CT molecular complexity index is 440. The SMILES string of the molecule is CCCCC(CCC)c1nc(C(F)(F)F)cc(C)c1F. The highest BCUT2D eigenvalue weighted by Crippen LogP contribution is 2.34. The second-order valence-corrected chi connectivity index (χ2v) is 5.15. The molecule has 0 amide bonds. The smallest absolute Gasteiger partial charge is 0.245 e. The summed E-state index contributed by atoms with van der Waals surface area (Å²) in [5, 5.41) is 0. The summed E-state index contributed by atoms with van der Waals surface area (Å²) in [6.07, 6.45) is -0.611. The third-order valence-electron chi connectivity index (χ3n) is 3.39. The summed E-state index contributed by atoms with van der Waals surface area (Å²) in [5.41, 5.74) is -1.00. The van der Waals surface area contributed by atoms with Crippen LogP contribution in [0.15, 0.2) is 6.07 Å². The van der Waals surface area contributed by atoms with Crippen LogP contribution in [0.2, 0.25) is 0 Å². The zero-order valence-corrected chi connectivity index (χ0v) is 12.1. The van der Waals surface area contributed by atoms with Gasteiger partial charge < -0.3 is 0 Å². The minimum atomic E-state index is -4.53. The van der Waals surface area contributed by atoms with E-state index in [1.165, 1.54) is 6.92 Å². The largest absolute Gasteiger partial charge is 0.433 e. The molecule has 0 aromatic carbocycles. The Labute approximate surface area is 117 Å². The van der Waals surface area contributed by atoms with E-state index in [2.05, 4.69) is 4.98 Å². The van der Waals surface area contributed by atoms with Crippen molar-refractivity contribution in [3.05, 3.63) is 28.8 Å². The van der Waals surface area contributed by atoms with Crippen LogP contribution < -0.4 is 0 Å². The van der Waals surface area contributed by atoms with E-state index >= 15 is 0 Å². The topological polar surface area (TPSA) is 12.9 Å². The van der Waals surface area contributed by atoms with E-state index < -0.39 is 17.7 Å². The molecule has 1 aromatic heterocycles. The monoisotopic (exact) mass is 291 g/mol. The van der Waals surface area contributed by atoms with Gasteiger partial charge >= 0.3 is 6.18 Å². The average Bonchev–Trinajstić information content (AvgIpc) is 2.36. The first-order chi connectivity index (χ1) is 9.31. The van der Waals surface area contributed by atoms with Crippen LogP contribution >= 0.6 is 0 Å². The van der Waals surface area contributed by atoms with Gasteiger partial charge in [-0.3, -0.25) is 0 Å². The van der Waals surface area contributed by atoms with Crippen molar-refractivity contribution in [2.75, 3.05) is 0 Å². The molecule has 0 saturated heterocycles. The standard InChI is InChI=1S/C15H21F4N/c1-4-6-8-11(7-5-2)14-13(16)10(3)9-12(20-14)15(17,18)19/h9,11H,4-8H2,1-3H3. The fourth-order valence-electron chi connectivity index (χ4n) is 2.31. The van der Waals surface area contributed by atoms with Crippen molar-refractivity contribution < 1.29 is 17.6 Å². The molecule has 114 valence electrons. The summed E-state index contributed by atoms with van der Waals surface area (Å²) < 4.78 is 52.5. The van der Waals surface area contributed by atoms with Crippen LogP contribution in [0.1, 0.15) is 68.8 Å². The molecule has 0 aliphatic heterocycles. The Morgan fingerprint density at radius 1 is 1.15 bits per heavy atom. The van der Waals surface area contributed by atoms with Gasteiger partial charge in [0, 0.05) is 5.92 Å². The molecular formula is C15H21F4N. The summed E-state index contributed by atoms with van der Waals surface area (Å²) in [7, 11) is 0. The lowest BCUT2D eigenvalue weighted by Gasteiger charge is -2.19. The summed E-state index contributed by atoms with van der Waals surface area (Å²) in [5.74, 6) is -0.825. The second-order valence-electron chi connectivity index (χ2n) is 5.15. The Morgan fingerprint density at radius 3 is 2.30 bits per heavy atom. The van der Waals surface area contributed by atoms with Gasteiger partial charge in [-0.2, -0.15) is 13.2 Å². The lowest BCUT2D eigenvalue weighted by Crippen LogP contribution is -2.14. The molecule has 5 heteroatoms. The fourth-order valence-corrected chi connectivity index (χ4v) is 2.31. The summed E-state index contributed by atoms with van der Waals surface area (Å²) in [4.78, 5) is 3.58. The normalized spacial score (nSPS) is 13.6. The van der Waals surface area contributed by atoms with Crippen LogP contribution in [-0.4, -0.2) is 4.98 Å². The van der Waals surface area contributed by atoms with Gasteiger partial charge in [0.2, 0.25) is 0 Å². The van der Waals surface area contributed by atoms with E-state index in [-0.39, 0.29) is 17.2 Å². The second kappa shape index (κ2) is 7.04. The van der Waals surface area contributed by atoms with Gasteiger partial charge in [-0.15, -0.1) is 0 Å². The zero-order chi connectivity index (χ0) is 15.3. The average molecular weight is 291 g/mol. The minimum absolute atomic E-state index is 0.0138. The first-order valence-corrected chi connectivity index (χ1v) is 7.05. The van der Waals surface area contributed by atoms with Crippen molar-refractivity contribution in [3.63, 3.8) is 0 Å². The number of halogens is 4. The Balaban J connectivity index is 3.21. The minimum Gasteiger partial charge on any atom is -0.245 e. The van der Waals surface area contributed by atoms with Crippen molar-refractivity contribution in [3.8, 4) is 0 Å². The number of rotatable bonds is 6. The molecule has 0 saturated carbocycles. The van der Waals surface area contributed by atoms with Crippen LogP contribution in [0.3, 0.4) is 0 Å². The Morgan fingerprint density at radius 2 is 1.80 bits per heavy atom. The first-order valence-electron chi connectivity index (χ1n) is 7.05. The molecule has 20 heavy (non-hydrogen) atoms. The maximum absolute atomic E-state index is 14.1. The molecule has 0 aliphatic carbocycles. The molecule has 0 N–H and O–H groups in total. The predicted molar refractivity (Wildman–Crippen MR) is 71.1 cm³/mol. The number of unbranched alkanes of at least 4 members (excludes halogenated alkanes) is 1. The number of nitrogens with zero attached hydrogens (tertiary/aromatic N) is 1. The molecular weight excluding hydrogens is 270 g/mol. The summed E-state index contributed by atoms with van der Waals surface area (Å²) >= 11 is 0. The number of aryl methyl sites for hydroxylation is 1. The molecule has 1 nitrogen and oxygen atoms in total. The zero-order valence-electron chi connectivity index (χ0n) is 12.1. The van der Waals surface area contributed by atoms with Crippen LogP contribution in [0.25, 0.3) is 0 Å². The third-order valence-corrected chi connectivity index (χ3v) is 3.39. The highest BCUT2D eigenvalue weighted by molar-refractivity contribution is 5.26. The quantitative estimate of drug-likeness (QED) is 0.620. The molecule has 1 rings (SSSR count). The molecule has 1 atom stereocenters. The first kappa shape index (κ1) is 16.9. The van der Waals surface area contributed by atoms with Crippen molar-refractivity contribution in [1.29, 1.82) is 0 Å². The Kier molecular flexibility index (Phi) is 5.96. The molecule has 1 unspecified atom stereocenters. The highest BCUT2D eigenvalue weighted by Gasteiger charge is 2.34. The van der Waals surface area contributed by atoms with Crippen LogP contribution in [0.4, 0.5) is 17.6 Å². The molecule has 0 spiro atoms. The van der Waals surface area contributed by atoms with Crippen molar-refractivity contribution in [2.45, 2.75) is 65.0 Å². The van der Waals surface area contributed by atoms with Crippen molar-refractivity contribution >= 4 is 0 Å². The third kappa shape index (κ3) is 4.18. The van der Waals surface area contributed by atoms with Crippen LogP contribution in [-0.2, 0) is 6.18 Å². The van der Waals surface area contributed by atoms with Gasteiger partial charge in [-0.1, -0.05) is 33.1 Å². The Hall–Kier alpha value is -1.13. The van der Waals surface area contributed by atoms with Gasteiger partial charge in [0.15, 0.2) is 0 Å². The van der Waals surface area contributed by atoms with Gasteiger partial charge in [0.25, 0.3) is 0 Å². The fraction of sp³-hybridized carbons (Fsp3) is 0.667. The molecule has 0 radical (unpaired) electrons. The van der Waals surface area contributed by atoms with Crippen LogP contribution in [0, 0.1) is 12.7 Å². The van der Waals surface area contributed by atoms with Gasteiger partial charge in [-0.05, 0) is 31.4 Å². The molecule has 1 heterocycles. The summed E-state index contributed by atoms with van der Waals surface area (Å²) in [6, 6.07) is 0.779. The van der Waals surface area contributed by atoms with Gasteiger partial charge in [-0.25, -0.2) is 9.37 Å². The molecule has 0 aliphatic rings. The lowest BCUT2D eigenvalue weighted by atomic mass is 9.92. The number of alkyl halides is 3. The summed E-state index contributed by atoms with van der Waals surface area (Å²) in [6.45, 7) is 5.31. The van der Waals surface area contributed by atoms with Gasteiger partial charge in [0.05, 0.1) is 5.69 Å². The van der Waals surface area contributed by atoms with E-state index in [9.17, 15) is 17.6 Å². The number of aromatic nitrogens is 1. The van der Waals surface area contributed by atoms with E-state index in [0.29, 0.717) is 12.8 Å². The maximum atomic E-state index is 14.1. The van der Waals surface area contributed by atoms with E-state index in [1.54, 1.807) is 0 Å². The van der Waals surface area contributed by atoms with E-state index in [1.807, 2.05) is 13.8 Å². The lowest BCUT2D eigenvalue weighted by molar-refractivity contribution is -0.141. The van der Waals surface area contributed by atoms with Crippen molar-refractivity contribution in [1.82, 2.24) is 4.98 Å². The molecule has 0 fully saturated rings. The molecule has 1 aromatic rings. The van der Waals surface area contributed by atoms with Crippen molar-refractivity contribution in [2.24, 2.45) is 0 Å². The van der Waals surface area contributed by atoms with Crippen LogP contribution in [0.5, 0.6) is 0 Å². The van der Waals surface area contributed by atoms with E-state index in [0.717, 1.165) is 25.3 Å². The number of hydrogen-bond acceptors (Lipinski definition) is 1. The van der Waals surface area contributed by atoms with Gasteiger partial charge in [0.1, 0.15) is 11.5 Å². The highest BCUT2D eigenvalue weighted by atomic mass is 19.4. The number of pyridine rings is 1.